The molecule has 0 radical (unpaired) electrons. The Balaban J connectivity index is 2.55. The molecular weight excluding hydrogens is 264 g/mol. The molecule has 0 aliphatic carbocycles. The fraction of sp³-hybridized carbons (Fsp3) is 0. The Morgan fingerprint density at radius 1 is 0.722 bits per heavy atom. The minimum absolute atomic E-state index is 0.578. The lowest BCUT2D eigenvalue weighted by atomic mass is 10.0. The van der Waals surface area contributed by atoms with Crippen molar-refractivity contribution in [2.75, 3.05) is 0 Å². The van der Waals surface area contributed by atoms with E-state index in [1.54, 1.807) is 24.3 Å². The van der Waals surface area contributed by atoms with E-state index in [1.165, 1.54) is 0 Å². The zero-order chi connectivity index (χ0) is 13.1. The third-order valence-electron chi connectivity index (χ3n) is 2.61. The molecule has 0 aromatic heterocycles. The monoisotopic (exact) mass is 274 g/mol. The van der Waals surface area contributed by atoms with E-state index < -0.39 is 0 Å². The SMILES string of the molecule is O=Cc1ccc(-c2ccc(C=O)cc2S)c(S)c1. The van der Waals surface area contributed by atoms with Gasteiger partial charge in [-0.25, -0.2) is 0 Å². The molecule has 0 unspecified atom stereocenters. The van der Waals surface area contributed by atoms with Crippen LogP contribution in [0.3, 0.4) is 0 Å². The van der Waals surface area contributed by atoms with Crippen molar-refractivity contribution in [3.8, 4) is 11.1 Å². The maximum Gasteiger partial charge on any atom is 0.150 e. The predicted octanol–water partition coefficient (Wildman–Crippen LogP) is 3.56. The second-order valence-corrected chi connectivity index (χ2v) is 4.75. The van der Waals surface area contributed by atoms with E-state index in [-0.39, 0.29) is 0 Å². The lowest BCUT2D eigenvalue weighted by Crippen LogP contribution is -1.88. The van der Waals surface area contributed by atoms with Gasteiger partial charge in [0.25, 0.3) is 0 Å². The molecule has 2 aromatic carbocycles. The number of thiol groups is 2. The Bertz CT molecular complexity index is 566. The van der Waals surface area contributed by atoms with Gasteiger partial charge in [0, 0.05) is 20.9 Å². The molecule has 0 fully saturated rings. The number of carbonyl (C=O) groups excluding carboxylic acids is 2. The molecule has 0 aliphatic rings. The van der Waals surface area contributed by atoms with Crippen LogP contribution in [0.2, 0.25) is 0 Å². The van der Waals surface area contributed by atoms with E-state index in [1.807, 2.05) is 12.1 Å². The lowest BCUT2D eigenvalue weighted by Gasteiger charge is -2.09. The normalized spacial score (nSPS) is 10.1. The van der Waals surface area contributed by atoms with Crippen molar-refractivity contribution in [1.82, 2.24) is 0 Å². The van der Waals surface area contributed by atoms with Gasteiger partial charge in [0.15, 0.2) is 0 Å². The minimum atomic E-state index is 0.578. The van der Waals surface area contributed by atoms with Gasteiger partial charge in [0.2, 0.25) is 0 Å². The van der Waals surface area contributed by atoms with Crippen LogP contribution in [-0.2, 0) is 0 Å². The van der Waals surface area contributed by atoms with Crippen molar-refractivity contribution >= 4 is 37.8 Å². The maximum atomic E-state index is 10.7. The molecule has 0 saturated carbocycles. The molecule has 2 aromatic rings. The van der Waals surface area contributed by atoms with Crippen LogP contribution in [0.1, 0.15) is 20.7 Å². The molecule has 0 N–H and O–H groups in total. The van der Waals surface area contributed by atoms with Crippen molar-refractivity contribution < 1.29 is 9.59 Å². The van der Waals surface area contributed by atoms with Crippen LogP contribution in [-0.4, -0.2) is 12.6 Å². The summed E-state index contributed by atoms with van der Waals surface area (Å²) in [7, 11) is 0. The molecule has 0 aliphatic heterocycles. The number of benzene rings is 2. The van der Waals surface area contributed by atoms with Gasteiger partial charge in [-0.2, -0.15) is 0 Å². The Morgan fingerprint density at radius 3 is 1.39 bits per heavy atom. The van der Waals surface area contributed by atoms with Gasteiger partial charge in [0.05, 0.1) is 0 Å². The van der Waals surface area contributed by atoms with E-state index >= 15 is 0 Å². The molecule has 2 rings (SSSR count). The van der Waals surface area contributed by atoms with Crippen LogP contribution in [0.15, 0.2) is 46.2 Å². The smallest absolute Gasteiger partial charge is 0.150 e. The number of hydrogen-bond acceptors (Lipinski definition) is 4. The van der Waals surface area contributed by atoms with Crippen molar-refractivity contribution in [3.05, 3.63) is 47.5 Å². The Labute approximate surface area is 116 Å². The summed E-state index contributed by atoms with van der Waals surface area (Å²) in [6.07, 6.45) is 1.56. The third-order valence-corrected chi connectivity index (χ3v) is 3.35. The number of rotatable bonds is 3. The van der Waals surface area contributed by atoms with Gasteiger partial charge in [-0.05, 0) is 23.3 Å². The summed E-state index contributed by atoms with van der Waals surface area (Å²) >= 11 is 8.73. The van der Waals surface area contributed by atoms with E-state index in [9.17, 15) is 9.59 Å². The average molecular weight is 274 g/mol. The molecule has 18 heavy (non-hydrogen) atoms. The zero-order valence-corrected chi connectivity index (χ0v) is 11.1. The van der Waals surface area contributed by atoms with Crippen molar-refractivity contribution in [2.45, 2.75) is 9.79 Å². The molecule has 0 heterocycles. The van der Waals surface area contributed by atoms with Crippen LogP contribution in [0.25, 0.3) is 11.1 Å². The van der Waals surface area contributed by atoms with Crippen LogP contribution in [0.4, 0.5) is 0 Å². The van der Waals surface area contributed by atoms with Gasteiger partial charge < -0.3 is 0 Å². The van der Waals surface area contributed by atoms with E-state index in [2.05, 4.69) is 25.3 Å². The molecule has 90 valence electrons. The summed E-state index contributed by atoms with van der Waals surface area (Å²) < 4.78 is 0. The first-order chi connectivity index (χ1) is 8.65. The Hall–Kier alpha value is -1.52. The predicted molar refractivity (Wildman–Crippen MR) is 77.2 cm³/mol. The summed E-state index contributed by atoms with van der Waals surface area (Å²) in [5, 5.41) is 0. The standard InChI is InChI=1S/C14H10O2S2/c15-7-9-1-3-11(13(17)5-9)12-4-2-10(8-16)6-14(12)18/h1-8,17-18H. The van der Waals surface area contributed by atoms with E-state index in [0.29, 0.717) is 20.9 Å². The van der Waals surface area contributed by atoms with E-state index in [0.717, 1.165) is 23.7 Å². The molecular formula is C14H10O2S2. The number of carbonyl (C=O) groups is 2. The van der Waals surface area contributed by atoms with Crippen molar-refractivity contribution in [1.29, 1.82) is 0 Å². The van der Waals surface area contributed by atoms with Crippen LogP contribution in [0, 0.1) is 0 Å². The minimum Gasteiger partial charge on any atom is -0.298 e. The van der Waals surface area contributed by atoms with Crippen LogP contribution < -0.4 is 0 Å². The summed E-state index contributed by atoms with van der Waals surface area (Å²) in [5.41, 5.74) is 2.92. The summed E-state index contributed by atoms with van der Waals surface area (Å²) in [4.78, 5) is 22.7. The molecule has 0 atom stereocenters. The first-order valence-corrected chi connectivity index (χ1v) is 6.12. The highest BCUT2D eigenvalue weighted by molar-refractivity contribution is 7.80. The number of aldehydes is 2. The second-order valence-electron chi connectivity index (χ2n) is 3.79. The molecule has 2 nitrogen and oxygen atoms in total. The summed E-state index contributed by atoms with van der Waals surface area (Å²) in [5.74, 6) is 0. The molecule has 0 bridgehead atoms. The molecule has 0 amide bonds. The average Bonchev–Trinajstić information content (AvgIpc) is 2.39. The van der Waals surface area contributed by atoms with Crippen LogP contribution >= 0.6 is 25.3 Å². The van der Waals surface area contributed by atoms with Gasteiger partial charge in [-0.1, -0.05) is 24.3 Å². The van der Waals surface area contributed by atoms with E-state index in [4.69, 9.17) is 0 Å². The van der Waals surface area contributed by atoms with Gasteiger partial charge in [0.1, 0.15) is 12.6 Å². The highest BCUT2D eigenvalue weighted by Gasteiger charge is 2.07. The first kappa shape index (κ1) is 12.9. The zero-order valence-electron chi connectivity index (χ0n) is 9.33. The highest BCUT2D eigenvalue weighted by atomic mass is 32.1. The highest BCUT2D eigenvalue weighted by Crippen LogP contribution is 2.32. The summed E-state index contributed by atoms with van der Waals surface area (Å²) in [6, 6.07) is 10.5. The van der Waals surface area contributed by atoms with Crippen LogP contribution in [0.5, 0.6) is 0 Å². The van der Waals surface area contributed by atoms with Crippen molar-refractivity contribution in [3.63, 3.8) is 0 Å². The largest absolute Gasteiger partial charge is 0.298 e. The van der Waals surface area contributed by atoms with Gasteiger partial charge in [-0.15, -0.1) is 25.3 Å². The Kier molecular flexibility index (Phi) is 3.89. The third kappa shape index (κ3) is 2.49. The fourth-order valence-electron chi connectivity index (χ4n) is 1.70. The molecule has 0 saturated heterocycles. The van der Waals surface area contributed by atoms with Gasteiger partial charge >= 0.3 is 0 Å². The maximum absolute atomic E-state index is 10.7. The topological polar surface area (TPSA) is 34.1 Å². The molecule has 0 spiro atoms. The Morgan fingerprint density at radius 2 is 1.11 bits per heavy atom. The fourth-order valence-corrected chi connectivity index (χ4v) is 2.39. The quantitative estimate of drug-likeness (QED) is 0.663. The van der Waals surface area contributed by atoms with Crippen molar-refractivity contribution in [2.24, 2.45) is 0 Å². The first-order valence-electron chi connectivity index (χ1n) is 5.22. The molecule has 4 heteroatoms. The lowest BCUT2D eigenvalue weighted by molar-refractivity contribution is 0.111. The second kappa shape index (κ2) is 5.42. The summed E-state index contributed by atoms with van der Waals surface area (Å²) in [6.45, 7) is 0. The number of hydrogen-bond donors (Lipinski definition) is 2. The van der Waals surface area contributed by atoms with Gasteiger partial charge in [-0.3, -0.25) is 9.59 Å².